The second kappa shape index (κ2) is 4.59. The predicted octanol–water partition coefficient (Wildman–Crippen LogP) is -1.02. The smallest absolute Gasteiger partial charge is 0.234 e. The van der Waals surface area contributed by atoms with Crippen molar-refractivity contribution in [3.63, 3.8) is 0 Å². The van der Waals surface area contributed by atoms with Crippen LogP contribution in [0.25, 0.3) is 0 Å². The first-order valence-electron chi connectivity index (χ1n) is 5.57. The minimum Gasteiger partial charge on any atom is -0.409 e. The average Bonchev–Trinajstić information content (AvgIpc) is 2.83. The second-order valence-electron chi connectivity index (χ2n) is 4.59. The van der Waals surface area contributed by atoms with E-state index in [1.807, 2.05) is 6.92 Å². The fourth-order valence-electron chi connectivity index (χ4n) is 2.32. The van der Waals surface area contributed by atoms with Gasteiger partial charge in [-0.2, -0.15) is 5.21 Å². The zero-order chi connectivity index (χ0) is 13.2. The first-order valence-corrected chi connectivity index (χ1v) is 5.57. The maximum atomic E-state index is 12.1. The van der Waals surface area contributed by atoms with Gasteiger partial charge < -0.3 is 16.3 Å². The lowest BCUT2D eigenvalue weighted by Gasteiger charge is -2.43. The SMILES string of the molecule is CC1CC(C(=O)NCc2nn[nH]n2)(C(N)=NO)C1. The molecule has 1 aromatic heterocycles. The van der Waals surface area contributed by atoms with Crippen LogP contribution in [0.4, 0.5) is 0 Å². The lowest BCUT2D eigenvalue weighted by molar-refractivity contribution is -0.133. The second-order valence-corrected chi connectivity index (χ2v) is 4.59. The Kier molecular flexibility index (Phi) is 3.13. The van der Waals surface area contributed by atoms with Crippen LogP contribution in [0.15, 0.2) is 5.16 Å². The molecule has 0 aromatic carbocycles. The predicted molar refractivity (Wildman–Crippen MR) is 60.3 cm³/mol. The molecule has 0 aliphatic heterocycles. The Morgan fingerprint density at radius 2 is 2.44 bits per heavy atom. The molecule has 5 N–H and O–H groups in total. The molecule has 2 rings (SSSR count). The van der Waals surface area contributed by atoms with Crippen LogP contribution in [0.1, 0.15) is 25.6 Å². The van der Waals surface area contributed by atoms with Crippen molar-refractivity contribution in [1.29, 1.82) is 0 Å². The summed E-state index contributed by atoms with van der Waals surface area (Å²) in [6, 6.07) is 0. The van der Waals surface area contributed by atoms with E-state index in [4.69, 9.17) is 10.9 Å². The van der Waals surface area contributed by atoms with Crippen LogP contribution < -0.4 is 11.1 Å². The number of nitrogens with one attached hydrogen (secondary N) is 2. The van der Waals surface area contributed by atoms with Crippen LogP contribution in [-0.2, 0) is 11.3 Å². The third-order valence-electron chi connectivity index (χ3n) is 3.22. The topological polar surface area (TPSA) is 142 Å². The molecule has 0 saturated heterocycles. The van der Waals surface area contributed by atoms with Gasteiger partial charge in [-0.3, -0.25) is 4.79 Å². The van der Waals surface area contributed by atoms with Gasteiger partial charge in [0, 0.05) is 0 Å². The summed E-state index contributed by atoms with van der Waals surface area (Å²) >= 11 is 0. The van der Waals surface area contributed by atoms with E-state index in [9.17, 15) is 4.79 Å². The molecule has 98 valence electrons. The van der Waals surface area contributed by atoms with Crippen molar-refractivity contribution in [2.24, 2.45) is 22.2 Å². The molecule has 18 heavy (non-hydrogen) atoms. The number of carbonyl (C=O) groups is 1. The van der Waals surface area contributed by atoms with Crippen LogP contribution >= 0.6 is 0 Å². The van der Waals surface area contributed by atoms with Gasteiger partial charge in [-0.15, -0.1) is 10.2 Å². The first-order chi connectivity index (χ1) is 8.58. The molecule has 9 heteroatoms. The van der Waals surface area contributed by atoms with Crippen molar-refractivity contribution in [2.45, 2.75) is 26.3 Å². The average molecular weight is 253 g/mol. The Morgan fingerprint density at radius 3 is 2.94 bits per heavy atom. The number of nitrogens with two attached hydrogens (primary N) is 1. The Balaban J connectivity index is 2.01. The molecule has 1 amide bonds. The first kappa shape index (κ1) is 12.3. The minimum atomic E-state index is -0.905. The molecule has 9 nitrogen and oxygen atoms in total. The Labute approximate surface area is 103 Å². The number of tetrazole rings is 1. The van der Waals surface area contributed by atoms with Crippen molar-refractivity contribution in [3.05, 3.63) is 5.82 Å². The summed E-state index contributed by atoms with van der Waals surface area (Å²) in [5.41, 5.74) is 4.71. The van der Waals surface area contributed by atoms with E-state index in [1.165, 1.54) is 0 Å². The summed E-state index contributed by atoms with van der Waals surface area (Å²) in [7, 11) is 0. The van der Waals surface area contributed by atoms with Gasteiger partial charge in [-0.25, -0.2) is 0 Å². The van der Waals surface area contributed by atoms with Crippen molar-refractivity contribution >= 4 is 11.7 Å². The van der Waals surface area contributed by atoms with E-state index in [1.54, 1.807) is 0 Å². The molecule has 1 aliphatic rings. The van der Waals surface area contributed by atoms with Crippen molar-refractivity contribution < 1.29 is 10.0 Å². The molecule has 0 radical (unpaired) electrons. The Morgan fingerprint density at radius 1 is 1.72 bits per heavy atom. The van der Waals surface area contributed by atoms with Gasteiger partial charge in [-0.1, -0.05) is 17.3 Å². The Hall–Kier alpha value is -2.19. The fourth-order valence-corrected chi connectivity index (χ4v) is 2.32. The minimum absolute atomic E-state index is 0.0498. The van der Waals surface area contributed by atoms with Crippen molar-refractivity contribution in [1.82, 2.24) is 25.9 Å². The summed E-state index contributed by atoms with van der Waals surface area (Å²) in [5, 5.41) is 27.5. The molecule has 0 spiro atoms. The molecule has 0 atom stereocenters. The van der Waals surface area contributed by atoms with Gasteiger partial charge in [0.15, 0.2) is 11.7 Å². The van der Waals surface area contributed by atoms with E-state index in [0.29, 0.717) is 24.6 Å². The highest BCUT2D eigenvalue weighted by Crippen LogP contribution is 2.45. The summed E-state index contributed by atoms with van der Waals surface area (Å²) in [6.07, 6.45) is 1.14. The number of hydrogen-bond acceptors (Lipinski definition) is 6. The molecule has 1 aromatic rings. The lowest BCUT2D eigenvalue weighted by atomic mass is 9.61. The number of hydrogen-bond donors (Lipinski definition) is 4. The molecular weight excluding hydrogens is 238 g/mol. The highest BCUT2D eigenvalue weighted by molar-refractivity contribution is 6.07. The number of amides is 1. The highest BCUT2D eigenvalue weighted by Gasteiger charge is 2.52. The van der Waals surface area contributed by atoms with Gasteiger partial charge in [0.1, 0.15) is 5.41 Å². The Bertz CT molecular complexity index is 449. The van der Waals surface area contributed by atoms with Crippen LogP contribution in [-0.4, -0.2) is 37.6 Å². The standard InChI is InChI=1S/C9H15N7O2/c1-5-2-9(3-5,7(10)14-18)8(17)11-4-6-12-15-16-13-6/h5,18H,2-4H2,1H3,(H2,10,14)(H,11,17)(H,12,13,15,16). The van der Waals surface area contributed by atoms with Crippen LogP contribution in [0, 0.1) is 11.3 Å². The normalized spacial score (nSPS) is 27.6. The summed E-state index contributed by atoms with van der Waals surface area (Å²) < 4.78 is 0. The van der Waals surface area contributed by atoms with Gasteiger partial charge >= 0.3 is 0 Å². The van der Waals surface area contributed by atoms with Crippen LogP contribution in [0.5, 0.6) is 0 Å². The number of amidine groups is 1. The molecule has 0 unspecified atom stereocenters. The third-order valence-corrected chi connectivity index (χ3v) is 3.22. The number of oxime groups is 1. The van der Waals surface area contributed by atoms with E-state index < -0.39 is 5.41 Å². The number of carbonyl (C=O) groups excluding carboxylic acids is 1. The van der Waals surface area contributed by atoms with Crippen LogP contribution in [0.2, 0.25) is 0 Å². The number of H-pyrrole nitrogens is 1. The number of aromatic amines is 1. The maximum Gasteiger partial charge on any atom is 0.234 e. The van der Waals surface area contributed by atoms with Gasteiger partial charge in [0.2, 0.25) is 5.91 Å². The number of nitrogens with zero attached hydrogens (tertiary/aromatic N) is 4. The largest absolute Gasteiger partial charge is 0.409 e. The van der Waals surface area contributed by atoms with E-state index in [-0.39, 0.29) is 18.3 Å². The van der Waals surface area contributed by atoms with E-state index >= 15 is 0 Å². The number of aromatic nitrogens is 4. The van der Waals surface area contributed by atoms with Crippen LogP contribution in [0.3, 0.4) is 0 Å². The van der Waals surface area contributed by atoms with Crippen molar-refractivity contribution in [3.8, 4) is 0 Å². The fraction of sp³-hybridized carbons (Fsp3) is 0.667. The van der Waals surface area contributed by atoms with Gasteiger partial charge in [0.25, 0.3) is 0 Å². The summed E-state index contributed by atoms with van der Waals surface area (Å²) in [5.74, 6) is 0.429. The molecule has 1 heterocycles. The maximum absolute atomic E-state index is 12.1. The monoisotopic (exact) mass is 253 g/mol. The summed E-state index contributed by atoms with van der Waals surface area (Å²) in [6.45, 7) is 2.17. The van der Waals surface area contributed by atoms with Gasteiger partial charge in [-0.05, 0) is 18.8 Å². The zero-order valence-electron chi connectivity index (χ0n) is 9.92. The quantitative estimate of drug-likeness (QED) is 0.234. The highest BCUT2D eigenvalue weighted by atomic mass is 16.4. The van der Waals surface area contributed by atoms with E-state index in [0.717, 1.165) is 0 Å². The van der Waals surface area contributed by atoms with Crippen molar-refractivity contribution in [2.75, 3.05) is 0 Å². The molecule has 1 saturated carbocycles. The molecule has 1 fully saturated rings. The van der Waals surface area contributed by atoms with Gasteiger partial charge in [0.05, 0.1) is 6.54 Å². The zero-order valence-corrected chi connectivity index (χ0v) is 9.92. The molecule has 0 bridgehead atoms. The molecule has 1 aliphatic carbocycles. The molecular formula is C9H15N7O2. The number of rotatable bonds is 4. The lowest BCUT2D eigenvalue weighted by Crippen LogP contribution is -2.56. The van der Waals surface area contributed by atoms with E-state index in [2.05, 4.69) is 31.1 Å². The summed E-state index contributed by atoms with van der Waals surface area (Å²) in [4.78, 5) is 12.1. The third kappa shape index (κ3) is 1.98.